The molecular weight excluding hydrogens is 327 g/mol. The van der Waals surface area contributed by atoms with E-state index in [1.807, 2.05) is 0 Å². The summed E-state index contributed by atoms with van der Waals surface area (Å²) in [7, 11) is 0. The Hall–Kier alpha value is -2.11. The standard InChI is InChI=1S/C15H12Cl2N2O3/c1-9-12(3-2-4-14(9)19(21)22)15(20)18-8-10-5-6-11(16)7-13(10)17/h2-7H,8H2,1H3,(H,18,20). The van der Waals surface area contributed by atoms with E-state index in [0.717, 1.165) is 0 Å². The van der Waals surface area contributed by atoms with Crippen LogP contribution >= 0.6 is 23.2 Å². The van der Waals surface area contributed by atoms with Crippen LogP contribution in [0.4, 0.5) is 5.69 Å². The minimum Gasteiger partial charge on any atom is -0.348 e. The van der Waals surface area contributed by atoms with Crippen molar-refractivity contribution in [1.29, 1.82) is 0 Å². The quantitative estimate of drug-likeness (QED) is 0.672. The van der Waals surface area contributed by atoms with Crippen molar-refractivity contribution >= 4 is 34.8 Å². The van der Waals surface area contributed by atoms with Crippen LogP contribution in [0.3, 0.4) is 0 Å². The van der Waals surface area contributed by atoms with Crippen molar-refractivity contribution in [2.75, 3.05) is 0 Å². The summed E-state index contributed by atoms with van der Waals surface area (Å²) < 4.78 is 0. The molecule has 0 saturated heterocycles. The zero-order valence-electron chi connectivity index (χ0n) is 11.6. The van der Waals surface area contributed by atoms with Crippen LogP contribution in [0.15, 0.2) is 36.4 Å². The molecule has 0 spiro atoms. The van der Waals surface area contributed by atoms with E-state index in [4.69, 9.17) is 23.2 Å². The molecular formula is C15H12Cl2N2O3. The number of rotatable bonds is 4. The van der Waals surface area contributed by atoms with Gasteiger partial charge in [0.25, 0.3) is 11.6 Å². The molecule has 2 aromatic rings. The summed E-state index contributed by atoms with van der Waals surface area (Å²) in [5.41, 5.74) is 1.21. The van der Waals surface area contributed by atoms with Gasteiger partial charge in [-0.2, -0.15) is 0 Å². The summed E-state index contributed by atoms with van der Waals surface area (Å²) in [4.78, 5) is 22.6. The van der Waals surface area contributed by atoms with Crippen LogP contribution in [0.25, 0.3) is 0 Å². The number of halogens is 2. The SMILES string of the molecule is Cc1c(C(=O)NCc2ccc(Cl)cc2Cl)cccc1[N+](=O)[O-]. The van der Waals surface area contributed by atoms with Crippen molar-refractivity contribution in [3.63, 3.8) is 0 Å². The number of carbonyl (C=O) groups excluding carboxylic acids is 1. The van der Waals surface area contributed by atoms with Crippen LogP contribution in [-0.2, 0) is 6.54 Å². The number of carbonyl (C=O) groups is 1. The normalized spacial score (nSPS) is 10.3. The molecule has 0 atom stereocenters. The lowest BCUT2D eigenvalue weighted by molar-refractivity contribution is -0.385. The molecule has 7 heteroatoms. The van der Waals surface area contributed by atoms with Gasteiger partial charge in [0, 0.05) is 33.8 Å². The fraction of sp³-hybridized carbons (Fsp3) is 0.133. The predicted octanol–water partition coefficient (Wildman–Crippen LogP) is 4.14. The zero-order valence-corrected chi connectivity index (χ0v) is 13.1. The zero-order chi connectivity index (χ0) is 16.3. The van der Waals surface area contributed by atoms with Crippen LogP contribution in [0.2, 0.25) is 10.0 Å². The molecule has 0 heterocycles. The van der Waals surface area contributed by atoms with Gasteiger partial charge in [0.15, 0.2) is 0 Å². The largest absolute Gasteiger partial charge is 0.348 e. The Morgan fingerprint density at radius 2 is 2.00 bits per heavy atom. The fourth-order valence-electron chi connectivity index (χ4n) is 2.00. The first-order chi connectivity index (χ1) is 10.4. The van der Waals surface area contributed by atoms with Crippen LogP contribution in [0, 0.1) is 17.0 Å². The highest BCUT2D eigenvalue weighted by molar-refractivity contribution is 6.35. The number of benzene rings is 2. The lowest BCUT2D eigenvalue weighted by atomic mass is 10.1. The first kappa shape index (κ1) is 16.3. The van der Waals surface area contributed by atoms with Crippen LogP contribution in [0.5, 0.6) is 0 Å². The third-order valence-corrected chi connectivity index (χ3v) is 3.79. The molecule has 0 saturated carbocycles. The average molecular weight is 339 g/mol. The second-order valence-corrected chi connectivity index (χ2v) is 5.47. The molecule has 0 unspecified atom stereocenters. The predicted molar refractivity (Wildman–Crippen MR) is 85.5 cm³/mol. The van der Waals surface area contributed by atoms with Crippen LogP contribution in [0.1, 0.15) is 21.5 Å². The van der Waals surface area contributed by atoms with Gasteiger partial charge in [-0.05, 0) is 30.7 Å². The van der Waals surface area contributed by atoms with Gasteiger partial charge in [-0.25, -0.2) is 0 Å². The Balaban J connectivity index is 2.16. The molecule has 5 nitrogen and oxygen atoms in total. The highest BCUT2D eigenvalue weighted by atomic mass is 35.5. The average Bonchev–Trinajstić information content (AvgIpc) is 2.46. The van der Waals surface area contributed by atoms with Crippen LogP contribution in [-0.4, -0.2) is 10.8 Å². The molecule has 0 aliphatic carbocycles. The fourth-order valence-corrected chi connectivity index (χ4v) is 2.48. The third-order valence-electron chi connectivity index (χ3n) is 3.20. The van der Waals surface area contributed by atoms with Crippen LogP contribution < -0.4 is 5.32 Å². The molecule has 2 aromatic carbocycles. The van der Waals surface area contributed by atoms with E-state index in [0.29, 0.717) is 21.2 Å². The summed E-state index contributed by atoms with van der Waals surface area (Å²) in [6.07, 6.45) is 0. The Bertz CT molecular complexity index is 748. The van der Waals surface area contributed by atoms with Gasteiger partial charge in [0.05, 0.1) is 4.92 Å². The first-order valence-electron chi connectivity index (χ1n) is 6.36. The van der Waals surface area contributed by atoms with Gasteiger partial charge in [0.1, 0.15) is 0 Å². The van der Waals surface area contributed by atoms with E-state index < -0.39 is 10.8 Å². The molecule has 0 radical (unpaired) electrons. The first-order valence-corrected chi connectivity index (χ1v) is 7.12. The maximum absolute atomic E-state index is 12.2. The van der Waals surface area contributed by atoms with Crippen molar-refractivity contribution in [3.05, 3.63) is 73.2 Å². The Labute approximate surface area is 137 Å². The lowest BCUT2D eigenvalue weighted by Crippen LogP contribution is -2.24. The molecule has 2 rings (SSSR count). The molecule has 0 bridgehead atoms. The molecule has 1 N–H and O–H groups in total. The van der Waals surface area contributed by atoms with Gasteiger partial charge in [-0.15, -0.1) is 0 Å². The number of hydrogen-bond donors (Lipinski definition) is 1. The highest BCUT2D eigenvalue weighted by Gasteiger charge is 2.17. The smallest absolute Gasteiger partial charge is 0.273 e. The van der Waals surface area contributed by atoms with Gasteiger partial charge in [0.2, 0.25) is 0 Å². The summed E-state index contributed by atoms with van der Waals surface area (Å²) in [6, 6.07) is 9.36. The number of amides is 1. The van der Waals surface area contributed by atoms with Crippen molar-refractivity contribution in [3.8, 4) is 0 Å². The number of hydrogen-bond acceptors (Lipinski definition) is 3. The number of nitrogens with one attached hydrogen (secondary N) is 1. The minimum absolute atomic E-state index is 0.0859. The third kappa shape index (κ3) is 3.55. The van der Waals surface area contributed by atoms with E-state index in [1.165, 1.54) is 12.1 Å². The number of nitrogens with zero attached hydrogens (tertiary/aromatic N) is 1. The molecule has 22 heavy (non-hydrogen) atoms. The summed E-state index contributed by atoms with van der Waals surface area (Å²) in [6.45, 7) is 1.75. The summed E-state index contributed by atoms with van der Waals surface area (Å²) in [5, 5.41) is 14.5. The van der Waals surface area contributed by atoms with Crippen molar-refractivity contribution < 1.29 is 9.72 Å². The maximum atomic E-state index is 12.2. The number of nitro benzene ring substituents is 1. The second-order valence-electron chi connectivity index (χ2n) is 4.63. The number of nitro groups is 1. The van der Waals surface area contributed by atoms with Gasteiger partial charge in [-0.3, -0.25) is 14.9 Å². The Morgan fingerprint density at radius 1 is 1.27 bits per heavy atom. The summed E-state index contributed by atoms with van der Waals surface area (Å²) >= 11 is 11.8. The van der Waals surface area contributed by atoms with Gasteiger partial charge in [-0.1, -0.05) is 35.3 Å². The van der Waals surface area contributed by atoms with Gasteiger partial charge < -0.3 is 5.32 Å². The molecule has 0 aliphatic heterocycles. The topological polar surface area (TPSA) is 72.2 Å². The van der Waals surface area contributed by atoms with E-state index in [9.17, 15) is 14.9 Å². The Kier molecular flexibility index (Phi) is 5.00. The van der Waals surface area contributed by atoms with E-state index in [2.05, 4.69) is 5.32 Å². The lowest BCUT2D eigenvalue weighted by Gasteiger charge is -2.09. The second kappa shape index (κ2) is 6.77. The Morgan fingerprint density at radius 3 is 2.64 bits per heavy atom. The van der Waals surface area contributed by atoms with Crippen molar-refractivity contribution in [1.82, 2.24) is 5.32 Å². The van der Waals surface area contributed by atoms with Gasteiger partial charge >= 0.3 is 0 Å². The maximum Gasteiger partial charge on any atom is 0.273 e. The monoisotopic (exact) mass is 338 g/mol. The van der Waals surface area contributed by atoms with Crippen molar-refractivity contribution in [2.45, 2.75) is 13.5 Å². The van der Waals surface area contributed by atoms with Crippen molar-refractivity contribution in [2.24, 2.45) is 0 Å². The highest BCUT2D eigenvalue weighted by Crippen LogP contribution is 2.22. The molecule has 0 aliphatic rings. The minimum atomic E-state index is -0.512. The molecule has 114 valence electrons. The summed E-state index contributed by atoms with van der Waals surface area (Å²) in [5.74, 6) is -0.396. The van der Waals surface area contributed by atoms with E-state index in [-0.39, 0.29) is 17.8 Å². The van der Waals surface area contributed by atoms with E-state index >= 15 is 0 Å². The molecule has 1 amide bonds. The molecule has 0 fully saturated rings. The van der Waals surface area contributed by atoms with E-state index in [1.54, 1.807) is 31.2 Å². The molecule has 0 aromatic heterocycles.